The number of halogens is 2. The van der Waals surface area contributed by atoms with Crippen LogP contribution < -0.4 is 4.74 Å². The SMILES string of the molecule is CC(C)Oc1c(Cl)cc(CN2C[C@H]3CC(O)C[C@H]3C2)cc1Cl. The highest BCUT2D eigenvalue weighted by atomic mass is 35.5. The molecule has 3 atom stereocenters. The molecule has 2 fully saturated rings. The minimum absolute atomic E-state index is 0.0465. The monoisotopic (exact) mass is 343 g/mol. The molecule has 1 aliphatic heterocycles. The van der Waals surface area contributed by atoms with Crippen LogP contribution in [-0.4, -0.2) is 35.3 Å². The first-order chi connectivity index (χ1) is 10.4. The Morgan fingerprint density at radius 1 is 1.18 bits per heavy atom. The molecule has 1 aromatic carbocycles. The van der Waals surface area contributed by atoms with Crippen LogP contribution in [0.5, 0.6) is 5.75 Å². The summed E-state index contributed by atoms with van der Waals surface area (Å²) < 4.78 is 5.67. The summed E-state index contributed by atoms with van der Waals surface area (Å²) in [7, 11) is 0. The van der Waals surface area contributed by atoms with E-state index in [0.29, 0.717) is 27.6 Å². The van der Waals surface area contributed by atoms with Gasteiger partial charge in [-0.1, -0.05) is 23.2 Å². The van der Waals surface area contributed by atoms with Crippen molar-refractivity contribution in [2.24, 2.45) is 11.8 Å². The Morgan fingerprint density at radius 3 is 2.23 bits per heavy atom. The molecule has 0 spiro atoms. The van der Waals surface area contributed by atoms with Gasteiger partial charge in [-0.05, 0) is 56.2 Å². The van der Waals surface area contributed by atoms with Crippen LogP contribution in [0.3, 0.4) is 0 Å². The number of nitrogens with zero attached hydrogens (tertiary/aromatic N) is 1. The van der Waals surface area contributed by atoms with E-state index in [1.165, 1.54) is 0 Å². The van der Waals surface area contributed by atoms with Crippen molar-refractivity contribution in [1.82, 2.24) is 4.90 Å². The summed E-state index contributed by atoms with van der Waals surface area (Å²) in [5.74, 6) is 1.86. The van der Waals surface area contributed by atoms with Gasteiger partial charge in [0.05, 0.1) is 22.3 Å². The van der Waals surface area contributed by atoms with E-state index < -0.39 is 0 Å². The molecule has 0 bridgehead atoms. The summed E-state index contributed by atoms with van der Waals surface area (Å²) in [6, 6.07) is 3.90. The summed E-state index contributed by atoms with van der Waals surface area (Å²) >= 11 is 12.6. The molecule has 3 rings (SSSR count). The Kier molecular flexibility index (Phi) is 4.89. The van der Waals surface area contributed by atoms with Gasteiger partial charge in [0.15, 0.2) is 5.75 Å². The highest BCUT2D eigenvalue weighted by Gasteiger charge is 2.40. The van der Waals surface area contributed by atoms with E-state index >= 15 is 0 Å². The number of ether oxygens (including phenoxy) is 1. The fraction of sp³-hybridized carbons (Fsp3) is 0.647. The molecule has 1 saturated carbocycles. The first-order valence-electron chi connectivity index (χ1n) is 7.97. The summed E-state index contributed by atoms with van der Waals surface area (Å²) in [6.45, 7) is 6.88. The third kappa shape index (κ3) is 3.53. The summed E-state index contributed by atoms with van der Waals surface area (Å²) in [5.41, 5.74) is 1.12. The van der Waals surface area contributed by atoms with Crippen LogP contribution in [0.1, 0.15) is 32.3 Å². The van der Waals surface area contributed by atoms with Crippen LogP contribution >= 0.6 is 23.2 Å². The molecule has 1 N–H and O–H groups in total. The van der Waals surface area contributed by atoms with E-state index in [9.17, 15) is 5.11 Å². The highest BCUT2D eigenvalue weighted by molar-refractivity contribution is 6.37. The van der Waals surface area contributed by atoms with E-state index in [4.69, 9.17) is 27.9 Å². The second kappa shape index (κ2) is 6.56. The number of aliphatic hydroxyl groups excluding tert-OH is 1. The topological polar surface area (TPSA) is 32.7 Å². The van der Waals surface area contributed by atoms with E-state index in [2.05, 4.69) is 4.90 Å². The van der Waals surface area contributed by atoms with Crippen molar-refractivity contribution in [1.29, 1.82) is 0 Å². The maximum atomic E-state index is 9.72. The fourth-order valence-corrected chi connectivity index (χ4v) is 4.43. The van der Waals surface area contributed by atoms with Crippen molar-refractivity contribution in [2.75, 3.05) is 13.1 Å². The Morgan fingerprint density at radius 2 is 1.73 bits per heavy atom. The Labute approximate surface area is 142 Å². The Hall–Kier alpha value is -0.480. The lowest BCUT2D eigenvalue weighted by Crippen LogP contribution is -2.22. The number of aliphatic hydroxyl groups is 1. The molecule has 1 saturated heterocycles. The molecule has 0 aromatic heterocycles. The van der Waals surface area contributed by atoms with Crippen molar-refractivity contribution in [3.8, 4) is 5.75 Å². The second-order valence-electron chi connectivity index (χ2n) is 6.89. The lowest BCUT2D eigenvalue weighted by atomic mass is 10.0. The zero-order chi connectivity index (χ0) is 15.9. The molecule has 1 aliphatic carbocycles. The van der Waals surface area contributed by atoms with E-state index in [0.717, 1.165) is 38.0 Å². The van der Waals surface area contributed by atoms with Gasteiger partial charge in [-0.2, -0.15) is 0 Å². The molecule has 22 heavy (non-hydrogen) atoms. The first kappa shape index (κ1) is 16.4. The van der Waals surface area contributed by atoms with Gasteiger partial charge < -0.3 is 9.84 Å². The number of benzene rings is 1. The average Bonchev–Trinajstić information content (AvgIpc) is 2.90. The quantitative estimate of drug-likeness (QED) is 0.897. The zero-order valence-corrected chi connectivity index (χ0v) is 14.6. The van der Waals surface area contributed by atoms with Gasteiger partial charge in [0.2, 0.25) is 0 Å². The van der Waals surface area contributed by atoms with Crippen LogP contribution in [0.15, 0.2) is 12.1 Å². The lowest BCUT2D eigenvalue weighted by molar-refractivity contribution is 0.161. The molecule has 2 aliphatic rings. The predicted molar refractivity (Wildman–Crippen MR) is 89.7 cm³/mol. The normalized spacial score (nSPS) is 28.4. The van der Waals surface area contributed by atoms with Crippen LogP contribution in [0.4, 0.5) is 0 Å². The van der Waals surface area contributed by atoms with Gasteiger partial charge in [-0.25, -0.2) is 0 Å². The van der Waals surface area contributed by atoms with Gasteiger partial charge in [0.25, 0.3) is 0 Å². The summed E-state index contributed by atoms with van der Waals surface area (Å²) in [5, 5.41) is 10.9. The maximum absolute atomic E-state index is 9.72. The van der Waals surface area contributed by atoms with Gasteiger partial charge in [-0.3, -0.25) is 4.90 Å². The number of fused-ring (bicyclic) bond motifs is 1. The maximum Gasteiger partial charge on any atom is 0.156 e. The molecule has 1 unspecified atom stereocenters. The molecule has 122 valence electrons. The summed E-state index contributed by atoms with van der Waals surface area (Å²) in [6.07, 6.45) is 1.85. The Bertz CT molecular complexity index is 512. The van der Waals surface area contributed by atoms with Crippen molar-refractivity contribution >= 4 is 23.2 Å². The highest BCUT2D eigenvalue weighted by Crippen LogP contribution is 2.39. The number of hydrogen-bond donors (Lipinski definition) is 1. The minimum Gasteiger partial charge on any atom is -0.488 e. The minimum atomic E-state index is -0.0893. The van der Waals surface area contributed by atoms with Gasteiger partial charge in [-0.15, -0.1) is 0 Å². The lowest BCUT2D eigenvalue weighted by Gasteiger charge is -2.19. The standard InChI is InChI=1S/C17H23Cl2NO2/c1-10(2)22-17-15(18)3-11(4-16(17)19)7-20-8-12-5-14(21)6-13(12)9-20/h3-4,10,12-14,21H,5-9H2,1-2H3/t12-,13+,14?. The van der Waals surface area contributed by atoms with Crippen molar-refractivity contribution in [2.45, 2.75) is 45.4 Å². The fourth-order valence-electron chi connectivity index (χ4n) is 3.80. The van der Waals surface area contributed by atoms with Crippen molar-refractivity contribution in [3.05, 3.63) is 27.7 Å². The number of rotatable bonds is 4. The van der Waals surface area contributed by atoms with Crippen molar-refractivity contribution in [3.63, 3.8) is 0 Å². The van der Waals surface area contributed by atoms with Gasteiger partial charge >= 0.3 is 0 Å². The van der Waals surface area contributed by atoms with E-state index in [-0.39, 0.29) is 12.2 Å². The smallest absolute Gasteiger partial charge is 0.156 e. The van der Waals surface area contributed by atoms with E-state index in [1.54, 1.807) is 0 Å². The number of likely N-dealkylation sites (tertiary alicyclic amines) is 1. The number of hydrogen-bond acceptors (Lipinski definition) is 3. The summed E-state index contributed by atoms with van der Waals surface area (Å²) in [4.78, 5) is 2.44. The van der Waals surface area contributed by atoms with Crippen LogP contribution in [0.25, 0.3) is 0 Å². The molecule has 0 amide bonds. The zero-order valence-electron chi connectivity index (χ0n) is 13.1. The van der Waals surface area contributed by atoms with Gasteiger partial charge in [0.1, 0.15) is 0 Å². The second-order valence-corrected chi connectivity index (χ2v) is 7.71. The molecule has 1 heterocycles. The molecule has 0 radical (unpaired) electrons. The van der Waals surface area contributed by atoms with Crippen LogP contribution in [0.2, 0.25) is 10.0 Å². The Balaban J connectivity index is 1.67. The third-order valence-corrected chi connectivity index (χ3v) is 5.18. The molecule has 5 heteroatoms. The van der Waals surface area contributed by atoms with Crippen molar-refractivity contribution < 1.29 is 9.84 Å². The van der Waals surface area contributed by atoms with Gasteiger partial charge in [0, 0.05) is 19.6 Å². The molecular formula is C17H23Cl2NO2. The predicted octanol–water partition coefficient (Wildman–Crippen LogP) is 3.98. The molecular weight excluding hydrogens is 321 g/mol. The first-order valence-corrected chi connectivity index (χ1v) is 8.73. The third-order valence-electron chi connectivity index (χ3n) is 4.62. The molecule has 1 aromatic rings. The van der Waals surface area contributed by atoms with Crippen LogP contribution in [0, 0.1) is 11.8 Å². The van der Waals surface area contributed by atoms with E-state index in [1.807, 2.05) is 26.0 Å². The molecule has 3 nitrogen and oxygen atoms in total. The average molecular weight is 344 g/mol. The van der Waals surface area contributed by atoms with Crippen LogP contribution in [-0.2, 0) is 6.54 Å². The largest absolute Gasteiger partial charge is 0.488 e.